The molecule has 0 saturated carbocycles. The van der Waals surface area contributed by atoms with Gasteiger partial charge in [0.05, 0.1) is 7.76 Å². The summed E-state index contributed by atoms with van der Waals surface area (Å²) in [4.78, 5) is 14.9. The Hall–Kier alpha value is -5.84. The summed E-state index contributed by atoms with van der Waals surface area (Å²) in [6.45, 7) is 0. The lowest BCUT2D eigenvalue weighted by molar-refractivity contribution is 0.669. The average molecular weight is 612 g/mol. The molecule has 9 rings (SSSR count). The number of aromatic nitrogens is 3. The van der Waals surface area contributed by atoms with Gasteiger partial charge in [0.15, 0.2) is 23.1 Å². The molecule has 5 heteroatoms. The summed E-state index contributed by atoms with van der Waals surface area (Å²) in [5.74, 6) is 1.31. The molecular weight excluding hydrogens is 586 g/mol. The standard InChI is InChI=1S/C41H24ClN3O/c42-35-13-5-11-33-37-34(12-6-14-36(37)46-38(33)35)41-44-39(43-40(45-41)32-22-18-26-8-2-4-10-30(26)24-32)28-19-15-27(16-20-28)31-21-17-25-7-1-3-9-29(25)23-31/h1-24H/i5D,12D. The molecule has 4 nitrogen and oxygen atoms in total. The molecule has 216 valence electrons. The molecule has 0 bridgehead atoms. The van der Waals surface area contributed by atoms with Crippen LogP contribution >= 0.6 is 11.6 Å². The third-order valence-corrected chi connectivity index (χ3v) is 8.71. The maximum absolute atomic E-state index is 9.03. The number of hydrogen-bond acceptors (Lipinski definition) is 4. The Morgan fingerprint density at radius 1 is 0.522 bits per heavy atom. The van der Waals surface area contributed by atoms with Gasteiger partial charge < -0.3 is 4.42 Å². The first-order chi connectivity index (χ1) is 23.5. The monoisotopic (exact) mass is 611 g/mol. The van der Waals surface area contributed by atoms with E-state index in [1.807, 2.05) is 36.4 Å². The minimum Gasteiger partial charge on any atom is -0.454 e. The Labute approximate surface area is 272 Å². The molecule has 0 unspecified atom stereocenters. The molecule has 2 aromatic heterocycles. The van der Waals surface area contributed by atoms with Crippen LogP contribution in [0.2, 0.25) is 5.02 Å². The number of furan rings is 1. The van der Waals surface area contributed by atoms with E-state index in [2.05, 4.69) is 72.8 Å². The molecule has 7 aromatic carbocycles. The van der Waals surface area contributed by atoms with E-state index in [1.165, 1.54) is 10.8 Å². The van der Waals surface area contributed by atoms with E-state index in [-0.39, 0.29) is 12.1 Å². The highest BCUT2D eigenvalue weighted by molar-refractivity contribution is 6.36. The topological polar surface area (TPSA) is 51.8 Å². The van der Waals surface area contributed by atoms with Gasteiger partial charge in [0.2, 0.25) is 0 Å². The van der Waals surface area contributed by atoms with Gasteiger partial charge in [-0.15, -0.1) is 0 Å². The molecule has 0 aliphatic rings. The van der Waals surface area contributed by atoms with Crippen molar-refractivity contribution in [3.8, 4) is 45.3 Å². The van der Waals surface area contributed by atoms with Crippen molar-refractivity contribution in [2.24, 2.45) is 0 Å². The highest BCUT2D eigenvalue weighted by atomic mass is 35.5. The lowest BCUT2D eigenvalue weighted by Gasteiger charge is -2.10. The smallest absolute Gasteiger partial charge is 0.164 e. The Morgan fingerprint density at radius 2 is 1.11 bits per heavy atom. The van der Waals surface area contributed by atoms with Gasteiger partial charge in [-0.05, 0) is 56.9 Å². The molecule has 9 aromatic rings. The maximum atomic E-state index is 9.03. The van der Waals surface area contributed by atoms with Gasteiger partial charge in [-0.3, -0.25) is 0 Å². The highest BCUT2D eigenvalue weighted by Crippen LogP contribution is 2.39. The number of rotatable bonds is 4. The zero-order valence-electron chi connectivity index (χ0n) is 26.3. The van der Waals surface area contributed by atoms with Crippen molar-refractivity contribution in [2.45, 2.75) is 0 Å². The molecule has 46 heavy (non-hydrogen) atoms. The minimum atomic E-state index is 0.227. The third kappa shape index (κ3) is 4.50. The first kappa shape index (κ1) is 24.5. The van der Waals surface area contributed by atoms with Crippen LogP contribution in [-0.4, -0.2) is 15.0 Å². The molecule has 0 aliphatic carbocycles. The number of nitrogens with zero attached hydrogens (tertiary/aromatic N) is 3. The number of halogens is 1. The fourth-order valence-electron chi connectivity index (χ4n) is 6.12. The predicted octanol–water partition coefficient (Wildman–Crippen LogP) is 11.4. The van der Waals surface area contributed by atoms with E-state index in [4.69, 9.17) is 33.7 Å². The fourth-order valence-corrected chi connectivity index (χ4v) is 6.32. The summed E-state index contributed by atoms with van der Waals surface area (Å²) < 4.78 is 23.5. The summed E-state index contributed by atoms with van der Waals surface area (Å²) in [7, 11) is 0. The van der Waals surface area contributed by atoms with Gasteiger partial charge in [0.25, 0.3) is 0 Å². The quantitative estimate of drug-likeness (QED) is 0.199. The van der Waals surface area contributed by atoms with E-state index in [0.29, 0.717) is 50.0 Å². The SMILES string of the molecule is [2H]c1cc(Cl)c2oc3ccc([2H])c(-c4nc(-c5ccc(-c6ccc7ccccc7c6)cc5)nc(-c5ccc6ccccc6c5)n4)c3c2c1. The van der Waals surface area contributed by atoms with Crippen molar-refractivity contribution in [3.63, 3.8) is 0 Å². The number of benzene rings is 7. The van der Waals surface area contributed by atoms with Gasteiger partial charge in [-0.25, -0.2) is 15.0 Å². The normalized spacial score (nSPS) is 12.2. The second-order valence-electron chi connectivity index (χ2n) is 11.2. The fraction of sp³-hybridized carbons (Fsp3) is 0. The lowest BCUT2D eigenvalue weighted by atomic mass is 10.00. The summed E-state index contributed by atoms with van der Waals surface area (Å²) in [6.07, 6.45) is 0. The zero-order chi connectivity index (χ0) is 32.4. The van der Waals surface area contributed by atoms with Gasteiger partial charge in [0.1, 0.15) is 5.58 Å². The van der Waals surface area contributed by atoms with Crippen molar-refractivity contribution in [1.82, 2.24) is 15.0 Å². The summed E-state index contributed by atoms with van der Waals surface area (Å²) in [5.41, 5.74) is 5.35. The molecule has 0 saturated heterocycles. The molecule has 0 atom stereocenters. The summed E-state index contributed by atoms with van der Waals surface area (Å²) >= 11 is 6.51. The van der Waals surface area contributed by atoms with Crippen LogP contribution in [0.3, 0.4) is 0 Å². The van der Waals surface area contributed by atoms with Crippen LogP contribution in [0.15, 0.2) is 150 Å². The van der Waals surface area contributed by atoms with Crippen LogP contribution in [0.5, 0.6) is 0 Å². The van der Waals surface area contributed by atoms with Crippen molar-refractivity contribution in [2.75, 3.05) is 0 Å². The van der Waals surface area contributed by atoms with Crippen LogP contribution < -0.4 is 0 Å². The zero-order valence-corrected chi connectivity index (χ0v) is 25.1. The van der Waals surface area contributed by atoms with Crippen molar-refractivity contribution in [3.05, 3.63) is 151 Å². The van der Waals surface area contributed by atoms with Gasteiger partial charge >= 0.3 is 0 Å². The van der Waals surface area contributed by atoms with E-state index >= 15 is 0 Å². The van der Waals surface area contributed by atoms with E-state index in [1.54, 1.807) is 24.3 Å². The van der Waals surface area contributed by atoms with E-state index < -0.39 is 0 Å². The van der Waals surface area contributed by atoms with Gasteiger partial charge in [-0.2, -0.15) is 0 Å². The molecule has 0 radical (unpaired) electrons. The van der Waals surface area contributed by atoms with E-state index in [0.717, 1.165) is 33.0 Å². The summed E-state index contributed by atoms with van der Waals surface area (Å²) in [5, 5.41) is 6.19. The Kier molecular flexibility index (Phi) is 5.67. The third-order valence-electron chi connectivity index (χ3n) is 8.43. The predicted molar refractivity (Wildman–Crippen MR) is 189 cm³/mol. The second-order valence-corrected chi connectivity index (χ2v) is 11.7. The maximum Gasteiger partial charge on any atom is 0.164 e. The molecule has 0 aliphatic heterocycles. The van der Waals surface area contributed by atoms with Crippen LogP contribution in [0.4, 0.5) is 0 Å². The minimum absolute atomic E-state index is 0.227. The number of para-hydroxylation sites is 1. The number of hydrogen-bond donors (Lipinski definition) is 0. The second kappa shape index (κ2) is 10.7. The first-order valence-corrected chi connectivity index (χ1v) is 15.3. The van der Waals surface area contributed by atoms with Crippen LogP contribution in [0, 0.1) is 0 Å². The van der Waals surface area contributed by atoms with Crippen LogP contribution in [0.1, 0.15) is 2.74 Å². The van der Waals surface area contributed by atoms with Gasteiger partial charge in [-0.1, -0.05) is 133 Å². The average Bonchev–Trinajstić information content (AvgIpc) is 3.50. The molecule has 0 fully saturated rings. The molecule has 2 heterocycles. The van der Waals surface area contributed by atoms with E-state index in [9.17, 15) is 0 Å². The van der Waals surface area contributed by atoms with Gasteiger partial charge in [0, 0.05) is 27.5 Å². The van der Waals surface area contributed by atoms with Crippen LogP contribution in [0.25, 0.3) is 88.8 Å². The number of fused-ring (bicyclic) bond motifs is 5. The Bertz CT molecular complexity index is 2720. The van der Waals surface area contributed by atoms with Crippen molar-refractivity contribution in [1.29, 1.82) is 0 Å². The summed E-state index contributed by atoms with van der Waals surface area (Å²) in [6, 6.07) is 44.5. The molecule has 0 spiro atoms. The highest BCUT2D eigenvalue weighted by Gasteiger charge is 2.19. The molecule has 0 amide bonds. The Morgan fingerprint density at radius 3 is 1.85 bits per heavy atom. The largest absolute Gasteiger partial charge is 0.454 e. The molecular formula is C41H24ClN3O. The molecule has 0 N–H and O–H groups in total. The van der Waals surface area contributed by atoms with Crippen LogP contribution in [-0.2, 0) is 0 Å². The van der Waals surface area contributed by atoms with Crippen molar-refractivity contribution < 1.29 is 7.16 Å². The Balaban J connectivity index is 1.25. The lowest BCUT2D eigenvalue weighted by Crippen LogP contribution is -2.00. The van der Waals surface area contributed by atoms with Crippen molar-refractivity contribution >= 4 is 55.1 Å². The first-order valence-electron chi connectivity index (χ1n) is 16.0.